The number of aromatic nitrogens is 3. The standard InChI is InChI=1S/C14H17N5OS/c1-18-6-5-11(17-18)13(20)15-9-7-19(8-9)14-16-10-3-2-4-12(10)21-14/h5-6,9H,2-4,7-8H2,1H3,(H,15,20). The van der Waals surface area contributed by atoms with Crippen LogP contribution in [0.25, 0.3) is 0 Å². The quantitative estimate of drug-likeness (QED) is 0.918. The molecule has 4 rings (SSSR count). The fourth-order valence-electron chi connectivity index (χ4n) is 2.83. The van der Waals surface area contributed by atoms with Gasteiger partial charge in [0.15, 0.2) is 5.13 Å². The maximum absolute atomic E-state index is 12.0. The van der Waals surface area contributed by atoms with Crippen molar-refractivity contribution in [3.05, 3.63) is 28.5 Å². The smallest absolute Gasteiger partial charge is 0.272 e. The number of aryl methyl sites for hydroxylation is 3. The third-order valence-electron chi connectivity index (χ3n) is 4.02. The monoisotopic (exact) mass is 303 g/mol. The predicted octanol–water partition coefficient (Wildman–Crippen LogP) is 0.984. The summed E-state index contributed by atoms with van der Waals surface area (Å²) in [6.45, 7) is 1.68. The van der Waals surface area contributed by atoms with Gasteiger partial charge in [0.25, 0.3) is 5.91 Å². The van der Waals surface area contributed by atoms with E-state index in [1.165, 1.54) is 23.4 Å². The predicted molar refractivity (Wildman–Crippen MR) is 80.8 cm³/mol. The van der Waals surface area contributed by atoms with E-state index in [1.54, 1.807) is 16.9 Å². The van der Waals surface area contributed by atoms with Crippen LogP contribution < -0.4 is 10.2 Å². The molecule has 0 spiro atoms. The maximum atomic E-state index is 12.0. The minimum absolute atomic E-state index is 0.0955. The molecular formula is C14H17N5OS. The van der Waals surface area contributed by atoms with Gasteiger partial charge >= 0.3 is 0 Å². The van der Waals surface area contributed by atoms with Crippen LogP contribution in [-0.4, -0.2) is 39.8 Å². The SMILES string of the molecule is Cn1ccc(C(=O)NC2CN(c3nc4c(s3)CCC4)C2)n1. The molecule has 1 aliphatic heterocycles. The second kappa shape index (κ2) is 4.84. The zero-order chi connectivity index (χ0) is 14.4. The summed E-state index contributed by atoms with van der Waals surface area (Å²) in [4.78, 5) is 20.4. The molecule has 0 saturated carbocycles. The first-order valence-corrected chi connectivity index (χ1v) is 8.05. The van der Waals surface area contributed by atoms with Crippen molar-refractivity contribution in [1.82, 2.24) is 20.1 Å². The van der Waals surface area contributed by atoms with Gasteiger partial charge in [0.1, 0.15) is 5.69 Å². The summed E-state index contributed by atoms with van der Waals surface area (Å²) in [5.41, 5.74) is 1.76. The van der Waals surface area contributed by atoms with Gasteiger partial charge in [-0.25, -0.2) is 4.98 Å². The summed E-state index contributed by atoms with van der Waals surface area (Å²) in [6.07, 6.45) is 5.33. The number of thiazole rings is 1. The number of nitrogens with one attached hydrogen (secondary N) is 1. The molecule has 2 aromatic heterocycles. The van der Waals surface area contributed by atoms with Crippen molar-refractivity contribution >= 4 is 22.4 Å². The highest BCUT2D eigenvalue weighted by Gasteiger charge is 2.32. The molecule has 1 fully saturated rings. The van der Waals surface area contributed by atoms with Crippen molar-refractivity contribution in [2.75, 3.05) is 18.0 Å². The Morgan fingerprint density at radius 3 is 3.00 bits per heavy atom. The number of hydrogen-bond acceptors (Lipinski definition) is 5. The Morgan fingerprint density at radius 2 is 2.29 bits per heavy atom. The van der Waals surface area contributed by atoms with Crippen molar-refractivity contribution in [1.29, 1.82) is 0 Å². The molecule has 0 atom stereocenters. The normalized spacial score (nSPS) is 17.7. The van der Waals surface area contributed by atoms with Gasteiger partial charge < -0.3 is 10.2 Å². The molecule has 0 bridgehead atoms. The maximum Gasteiger partial charge on any atom is 0.272 e. The Balaban J connectivity index is 1.33. The third kappa shape index (κ3) is 2.31. The average Bonchev–Trinajstić information content (AvgIpc) is 3.07. The Kier molecular flexibility index (Phi) is 2.95. The van der Waals surface area contributed by atoms with Crippen LogP contribution in [0.5, 0.6) is 0 Å². The minimum Gasteiger partial charge on any atom is -0.344 e. The topological polar surface area (TPSA) is 63.1 Å². The van der Waals surface area contributed by atoms with Crippen molar-refractivity contribution in [3.63, 3.8) is 0 Å². The fraction of sp³-hybridized carbons (Fsp3) is 0.500. The van der Waals surface area contributed by atoms with Gasteiger partial charge in [-0.3, -0.25) is 9.48 Å². The molecule has 2 aliphatic rings. The first kappa shape index (κ1) is 12.8. The van der Waals surface area contributed by atoms with Crippen LogP contribution in [0.1, 0.15) is 27.5 Å². The number of rotatable bonds is 3. The van der Waals surface area contributed by atoms with Gasteiger partial charge in [0, 0.05) is 31.2 Å². The number of fused-ring (bicyclic) bond motifs is 1. The van der Waals surface area contributed by atoms with Crippen LogP contribution in [0.15, 0.2) is 12.3 Å². The Hall–Kier alpha value is -1.89. The van der Waals surface area contributed by atoms with Crippen LogP contribution in [0.4, 0.5) is 5.13 Å². The Bertz CT molecular complexity index is 664. The molecule has 0 aromatic carbocycles. The van der Waals surface area contributed by atoms with Gasteiger partial charge in [-0.05, 0) is 25.3 Å². The molecule has 6 nitrogen and oxygen atoms in total. The van der Waals surface area contributed by atoms with Gasteiger partial charge in [0.05, 0.1) is 11.7 Å². The number of hydrogen-bond donors (Lipinski definition) is 1. The lowest BCUT2D eigenvalue weighted by molar-refractivity contribution is 0.0924. The molecule has 21 heavy (non-hydrogen) atoms. The number of carbonyl (C=O) groups is 1. The number of nitrogens with zero attached hydrogens (tertiary/aromatic N) is 4. The first-order chi connectivity index (χ1) is 10.2. The molecular weight excluding hydrogens is 286 g/mol. The summed E-state index contributed by atoms with van der Waals surface area (Å²) in [5, 5.41) is 8.24. The summed E-state index contributed by atoms with van der Waals surface area (Å²) in [6, 6.07) is 1.93. The van der Waals surface area contributed by atoms with Gasteiger partial charge in [-0.2, -0.15) is 5.10 Å². The zero-order valence-electron chi connectivity index (χ0n) is 11.9. The van der Waals surface area contributed by atoms with Crippen LogP contribution in [0, 0.1) is 0 Å². The molecule has 1 amide bonds. The second-order valence-corrected chi connectivity index (χ2v) is 6.73. The van der Waals surface area contributed by atoms with Crippen molar-refractivity contribution in [3.8, 4) is 0 Å². The van der Waals surface area contributed by atoms with E-state index < -0.39 is 0 Å². The third-order valence-corrected chi connectivity index (χ3v) is 5.24. The van der Waals surface area contributed by atoms with E-state index in [1.807, 2.05) is 18.4 Å². The van der Waals surface area contributed by atoms with Crippen LogP contribution in [0.3, 0.4) is 0 Å². The van der Waals surface area contributed by atoms with Crippen LogP contribution >= 0.6 is 11.3 Å². The lowest BCUT2D eigenvalue weighted by Crippen LogP contribution is -2.59. The molecule has 1 aliphatic carbocycles. The molecule has 1 saturated heterocycles. The van der Waals surface area contributed by atoms with Crippen molar-refractivity contribution in [2.24, 2.45) is 7.05 Å². The van der Waals surface area contributed by atoms with Crippen molar-refractivity contribution in [2.45, 2.75) is 25.3 Å². The van der Waals surface area contributed by atoms with Gasteiger partial charge in [0.2, 0.25) is 0 Å². The molecule has 0 unspecified atom stereocenters. The molecule has 110 valence electrons. The highest BCUT2D eigenvalue weighted by molar-refractivity contribution is 7.15. The first-order valence-electron chi connectivity index (χ1n) is 7.23. The summed E-state index contributed by atoms with van der Waals surface area (Å²) in [7, 11) is 1.81. The minimum atomic E-state index is -0.0955. The van der Waals surface area contributed by atoms with E-state index in [2.05, 4.69) is 15.3 Å². The molecule has 3 heterocycles. The van der Waals surface area contributed by atoms with E-state index in [4.69, 9.17) is 4.98 Å². The molecule has 7 heteroatoms. The summed E-state index contributed by atoms with van der Waals surface area (Å²) < 4.78 is 1.64. The number of anilines is 1. The lowest BCUT2D eigenvalue weighted by atomic mass is 10.1. The molecule has 0 radical (unpaired) electrons. The summed E-state index contributed by atoms with van der Waals surface area (Å²) >= 11 is 1.81. The molecule has 2 aromatic rings. The van der Waals surface area contributed by atoms with E-state index in [0.29, 0.717) is 5.69 Å². The number of carbonyl (C=O) groups excluding carboxylic acids is 1. The Morgan fingerprint density at radius 1 is 1.43 bits per heavy atom. The second-order valence-electron chi connectivity index (χ2n) is 5.67. The lowest BCUT2D eigenvalue weighted by Gasteiger charge is -2.39. The Labute approximate surface area is 126 Å². The highest BCUT2D eigenvalue weighted by atomic mass is 32.1. The van der Waals surface area contributed by atoms with Gasteiger partial charge in [-0.15, -0.1) is 11.3 Å². The van der Waals surface area contributed by atoms with Crippen molar-refractivity contribution < 1.29 is 4.79 Å². The summed E-state index contributed by atoms with van der Waals surface area (Å²) in [5.74, 6) is -0.0955. The van der Waals surface area contributed by atoms with E-state index >= 15 is 0 Å². The van der Waals surface area contributed by atoms with Crippen LogP contribution in [-0.2, 0) is 19.9 Å². The van der Waals surface area contributed by atoms with E-state index in [9.17, 15) is 4.79 Å². The largest absolute Gasteiger partial charge is 0.344 e. The zero-order valence-corrected chi connectivity index (χ0v) is 12.7. The highest BCUT2D eigenvalue weighted by Crippen LogP contribution is 2.34. The van der Waals surface area contributed by atoms with Crippen LogP contribution in [0.2, 0.25) is 0 Å². The fourth-order valence-corrected chi connectivity index (χ4v) is 4.00. The van der Waals surface area contributed by atoms with Gasteiger partial charge in [-0.1, -0.05) is 0 Å². The molecule has 1 N–H and O–H groups in total. The van der Waals surface area contributed by atoms with E-state index in [0.717, 1.165) is 24.6 Å². The number of amides is 1. The van der Waals surface area contributed by atoms with E-state index in [-0.39, 0.29) is 11.9 Å². The average molecular weight is 303 g/mol.